The largest absolute Gasteiger partial charge is 0.494 e. The molecule has 0 aliphatic carbocycles. The van der Waals surface area contributed by atoms with Crippen LogP contribution in [0.2, 0.25) is 0 Å². The second-order valence-electron chi connectivity index (χ2n) is 7.64. The van der Waals surface area contributed by atoms with Crippen LogP contribution in [0.3, 0.4) is 0 Å². The Morgan fingerprint density at radius 1 is 0.900 bits per heavy atom. The molecule has 1 aliphatic rings. The van der Waals surface area contributed by atoms with Gasteiger partial charge in [0.2, 0.25) is 0 Å². The Hall–Kier alpha value is -3.24. The van der Waals surface area contributed by atoms with E-state index < -0.39 is 0 Å². The Morgan fingerprint density at radius 3 is 2.63 bits per heavy atom. The van der Waals surface area contributed by atoms with Crippen LogP contribution in [0.4, 0.5) is 0 Å². The molecule has 2 N–H and O–H groups in total. The molecule has 0 bridgehead atoms. The summed E-state index contributed by atoms with van der Waals surface area (Å²) in [6.45, 7) is 4.20. The van der Waals surface area contributed by atoms with Gasteiger partial charge < -0.3 is 19.8 Å². The molecule has 4 heteroatoms. The molecule has 5 rings (SSSR count). The fourth-order valence-corrected chi connectivity index (χ4v) is 4.27. The topological polar surface area (TPSA) is 46.3 Å². The van der Waals surface area contributed by atoms with Crippen molar-refractivity contribution in [3.8, 4) is 11.5 Å². The van der Waals surface area contributed by atoms with Gasteiger partial charge in [-0.3, -0.25) is 0 Å². The standard InChI is InChI=1S/C26H26N2O2/c1-2-29-20-10-6-9-19(15-20)25-26-22(13-14-27-25)23-16-21(11-12-24(23)28-26)30-17-18-7-4-3-5-8-18/h3-12,15-16,25,27-28H,2,13-14,17H2,1H3. The first-order valence-corrected chi connectivity index (χ1v) is 10.6. The molecule has 4 aromatic rings. The van der Waals surface area contributed by atoms with Gasteiger partial charge in [-0.15, -0.1) is 0 Å². The summed E-state index contributed by atoms with van der Waals surface area (Å²) >= 11 is 0. The van der Waals surface area contributed by atoms with Gasteiger partial charge in [-0.1, -0.05) is 42.5 Å². The van der Waals surface area contributed by atoms with Crippen molar-refractivity contribution in [1.82, 2.24) is 10.3 Å². The first-order chi connectivity index (χ1) is 14.8. The van der Waals surface area contributed by atoms with Crippen LogP contribution in [0.25, 0.3) is 10.9 Å². The summed E-state index contributed by atoms with van der Waals surface area (Å²) in [5, 5.41) is 4.92. The van der Waals surface area contributed by atoms with Crippen molar-refractivity contribution < 1.29 is 9.47 Å². The van der Waals surface area contributed by atoms with Gasteiger partial charge in [0, 0.05) is 23.1 Å². The van der Waals surface area contributed by atoms with Crippen molar-refractivity contribution in [3.05, 3.63) is 95.2 Å². The maximum atomic E-state index is 6.07. The van der Waals surface area contributed by atoms with Gasteiger partial charge in [-0.25, -0.2) is 0 Å². The zero-order valence-electron chi connectivity index (χ0n) is 17.2. The van der Waals surface area contributed by atoms with Gasteiger partial charge in [-0.05, 0) is 60.4 Å². The number of rotatable bonds is 6. The molecule has 30 heavy (non-hydrogen) atoms. The highest BCUT2D eigenvalue weighted by atomic mass is 16.5. The van der Waals surface area contributed by atoms with Crippen LogP contribution in [0.5, 0.6) is 11.5 Å². The van der Waals surface area contributed by atoms with Gasteiger partial charge in [0.1, 0.15) is 18.1 Å². The molecule has 0 fully saturated rings. The third-order valence-electron chi connectivity index (χ3n) is 5.67. The fourth-order valence-electron chi connectivity index (χ4n) is 4.27. The summed E-state index contributed by atoms with van der Waals surface area (Å²) in [6.07, 6.45) is 0.999. The number of ether oxygens (including phenoxy) is 2. The Labute approximate surface area is 176 Å². The first kappa shape index (κ1) is 18.8. The minimum atomic E-state index is 0.134. The van der Waals surface area contributed by atoms with E-state index in [-0.39, 0.29) is 6.04 Å². The van der Waals surface area contributed by atoms with Gasteiger partial charge in [0.25, 0.3) is 0 Å². The summed E-state index contributed by atoms with van der Waals surface area (Å²) in [4.78, 5) is 3.66. The smallest absolute Gasteiger partial charge is 0.120 e. The van der Waals surface area contributed by atoms with Crippen LogP contribution < -0.4 is 14.8 Å². The summed E-state index contributed by atoms with van der Waals surface area (Å²) < 4.78 is 11.8. The highest BCUT2D eigenvalue weighted by Gasteiger charge is 2.25. The molecule has 0 saturated heterocycles. The molecule has 1 atom stereocenters. The highest BCUT2D eigenvalue weighted by Crippen LogP contribution is 2.36. The number of benzene rings is 3. The van der Waals surface area contributed by atoms with E-state index in [4.69, 9.17) is 9.47 Å². The predicted octanol–water partition coefficient (Wildman–Crippen LogP) is 5.38. The molecule has 0 amide bonds. The lowest BCUT2D eigenvalue weighted by Gasteiger charge is -2.25. The Balaban J connectivity index is 1.45. The fraction of sp³-hybridized carbons (Fsp3) is 0.231. The van der Waals surface area contributed by atoms with Crippen LogP contribution >= 0.6 is 0 Å². The molecule has 1 aromatic heterocycles. The SMILES string of the molecule is CCOc1cccc(C2NCCc3c2[nH]c2ccc(OCc4ccccc4)cc32)c1. The monoisotopic (exact) mass is 398 g/mol. The lowest BCUT2D eigenvalue weighted by molar-refractivity contribution is 0.306. The number of hydrogen-bond acceptors (Lipinski definition) is 3. The average Bonchev–Trinajstić information content (AvgIpc) is 3.17. The molecule has 0 spiro atoms. The third-order valence-corrected chi connectivity index (χ3v) is 5.67. The molecule has 152 valence electrons. The molecule has 1 aliphatic heterocycles. The van der Waals surface area contributed by atoms with Crippen molar-refractivity contribution in [2.24, 2.45) is 0 Å². The van der Waals surface area contributed by atoms with E-state index in [0.717, 1.165) is 30.0 Å². The quantitative estimate of drug-likeness (QED) is 0.458. The van der Waals surface area contributed by atoms with Crippen molar-refractivity contribution in [3.63, 3.8) is 0 Å². The molecular weight excluding hydrogens is 372 g/mol. The minimum absolute atomic E-state index is 0.134. The predicted molar refractivity (Wildman–Crippen MR) is 120 cm³/mol. The van der Waals surface area contributed by atoms with E-state index in [1.807, 2.05) is 37.3 Å². The van der Waals surface area contributed by atoms with E-state index in [0.29, 0.717) is 13.2 Å². The Bertz CT molecular complexity index is 1150. The van der Waals surface area contributed by atoms with Gasteiger partial charge in [0.05, 0.1) is 12.6 Å². The molecule has 0 radical (unpaired) electrons. The Morgan fingerprint density at radius 2 is 1.77 bits per heavy atom. The summed E-state index contributed by atoms with van der Waals surface area (Å²) in [5.74, 6) is 1.82. The van der Waals surface area contributed by atoms with Gasteiger partial charge in [-0.2, -0.15) is 0 Å². The van der Waals surface area contributed by atoms with E-state index in [9.17, 15) is 0 Å². The van der Waals surface area contributed by atoms with Crippen LogP contribution in [-0.2, 0) is 13.0 Å². The first-order valence-electron chi connectivity index (χ1n) is 10.6. The van der Waals surface area contributed by atoms with Crippen molar-refractivity contribution >= 4 is 10.9 Å². The van der Waals surface area contributed by atoms with Gasteiger partial charge >= 0.3 is 0 Å². The van der Waals surface area contributed by atoms with E-state index in [1.54, 1.807) is 0 Å². The lowest BCUT2D eigenvalue weighted by atomic mass is 9.94. The highest BCUT2D eigenvalue weighted by molar-refractivity contribution is 5.86. The van der Waals surface area contributed by atoms with Crippen molar-refractivity contribution in [1.29, 1.82) is 0 Å². The third kappa shape index (κ3) is 3.66. The van der Waals surface area contributed by atoms with Crippen LogP contribution in [0.15, 0.2) is 72.8 Å². The van der Waals surface area contributed by atoms with Crippen LogP contribution in [0, 0.1) is 0 Å². The number of fused-ring (bicyclic) bond motifs is 3. The van der Waals surface area contributed by atoms with Crippen molar-refractivity contribution in [2.75, 3.05) is 13.2 Å². The number of aromatic amines is 1. The zero-order chi connectivity index (χ0) is 20.3. The molecule has 0 saturated carbocycles. The maximum absolute atomic E-state index is 6.07. The lowest BCUT2D eigenvalue weighted by Crippen LogP contribution is -2.30. The number of aromatic nitrogens is 1. The van der Waals surface area contributed by atoms with Crippen LogP contribution in [-0.4, -0.2) is 18.1 Å². The summed E-state index contributed by atoms with van der Waals surface area (Å²) in [5.41, 5.74) is 6.16. The number of H-pyrrole nitrogens is 1. The maximum Gasteiger partial charge on any atom is 0.120 e. The number of hydrogen-bond donors (Lipinski definition) is 2. The average molecular weight is 399 g/mol. The second kappa shape index (κ2) is 8.25. The molecule has 2 heterocycles. The molecule has 1 unspecified atom stereocenters. The summed E-state index contributed by atoms with van der Waals surface area (Å²) in [7, 11) is 0. The normalized spacial score (nSPS) is 15.7. The van der Waals surface area contributed by atoms with E-state index >= 15 is 0 Å². The second-order valence-corrected chi connectivity index (χ2v) is 7.64. The van der Waals surface area contributed by atoms with Crippen molar-refractivity contribution in [2.45, 2.75) is 26.0 Å². The molecule has 4 nitrogen and oxygen atoms in total. The van der Waals surface area contributed by atoms with Crippen LogP contribution in [0.1, 0.15) is 35.3 Å². The summed E-state index contributed by atoms with van der Waals surface area (Å²) in [6, 6.07) is 25.1. The molecule has 3 aromatic carbocycles. The van der Waals surface area contributed by atoms with E-state index in [1.165, 1.54) is 27.8 Å². The minimum Gasteiger partial charge on any atom is -0.494 e. The zero-order valence-corrected chi connectivity index (χ0v) is 17.2. The molecular formula is C26H26N2O2. The van der Waals surface area contributed by atoms with E-state index in [2.05, 4.69) is 52.8 Å². The Kier molecular flexibility index (Phi) is 5.16. The number of nitrogens with one attached hydrogen (secondary N) is 2. The van der Waals surface area contributed by atoms with Gasteiger partial charge in [0.15, 0.2) is 0 Å².